The second kappa shape index (κ2) is 5.29. The van der Waals surface area contributed by atoms with Crippen LogP contribution in [0.3, 0.4) is 0 Å². The second-order valence-electron chi connectivity index (χ2n) is 3.36. The van der Waals surface area contributed by atoms with E-state index in [-0.39, 0.29) is 0 Å². The van der Waals surface area contributed by atoms with Gasteiger partial charge in [-0.05, 0) is 25.5 Å². The molecule has 1 atom stereocenters. The Labute approximate surface area is 88.5 Å². The number of nitrogens with one attached hydrogen (secondary N) is 1. The van der Waals surface area contributed by atoms with Crippen LogP contribution in [0, 0.1) is 0 Å². The zero-order chi connectivity index (χ0) is 11.3. The van der Waals surface area contributed by atoms with Crippen LogP contribution in [-0.2, 0) is 11.2 Å². The van der Waals surface area contributed by atoms with Gasteiger partial charge in [-0.25, -0.2) is 0 Å². The molecule has 1 heterocycles. The number of rotatable bonds is 5. The van der Waals surface area contributed by atoms with Crippen molar-refractivity contribution in [1.29, 1.82) is 0 Å². The molecule has 1 aromatic rings. The molecule has 0 saturated heterocycles. The van der Waals surface area contributed by atoms with E-state index >= 15 is 0 Å². The quantitative estimate of drug-likeness (QED) is 0.764. The standard InChI is InChI=1S/C10H15N3O2/c1-3-4-8-5-6-9(13-12-8)11-7(2)10(14)15/h5-7H,3-4H2,1-2H3,(H,11,13)(H,14,15). The summed E-state index contributed by atoms with van der Waals surface area (Å²) in [7, 11) is 0. The Morgan fingerprint density at radius 3 is 2.73 bits per heavy atom. The van der Waals surface area contributed by atoms with Crippen LogP contribution in [-0.4, -0.2) is 27.3 Å². The number of aromatic nitrogens is 2. The Kier molecular flexibility index (Phi) is 4.03. The number of carbonyl (C=O) groups is 1. The number of hydrogen-bond acceptors (Lipinski definition) is 4. The minimum absolute atomic E-state index is 0.491. The molecule has 15 heavy (non-hydrogen) atoms. The molecule has 0 saturated carbocycles. The number of aliphatic carboxylic acids is 1. The Bertz CT molecular complexity index is 324. The van der Waals surface area contributed by atoms with E-state index in [1.165, 1.54) is 0 Å². The van der Waals surface area contributed by atoms with E-state index in [0.29, 0.717) is 5.82 Å². The molecule has 0 aromatic carbocycles. The van der Waals surface area contributed by atoms with Crippen molar-refractivity contribution in [3.63, 3.8) is 0 Å². The number of hydrogen-bond donors (Lipinski definition) is 2. The van der Waals surface area contributed by atoms with E-state index in [2.05, 4.69) is 22.4 Å². The molecule has 1 unspecified atom stereocenters. The van der Waals surface area contributed by atoms with Gasteiger partial charge in [0.1, 0.15) is 11.9 Å². The summed E-state index contributed by atoms with van der Waals surface area (Å²) in [6.07, 6.45) is 1.91. The second-order valence-corrected chi connectivity index (χ2v) is 3.36. The zero-order valence-corrected chi connectivity index (χ0v) is 8.90. The van der Waals surface area contributed by atoms with Crippen LogP contribution in [0.25, 0.3) is 0 Å². The van der Waals surface area contributed by atoms with Crippen LogP contribution < -0.4 is 5.32 Å². The van der Waals surface area contributed by atoms with Crippen LogP contribution in [0.4, 0.5) is 5.82 Å². The molecule has 0 bridgehead atoms. The lowest BCUT2D eigenvalue weighted by atomic mass is 10.2. The predicted molar refractivity (Wildman–Crippen MR) is 56.7 cm³/mol. The van der Waals surface area contributed by atoms with E-state index in [9.17, 15) is 4.79 Å². The van der Waals surface area contributed by atoms with Crippen molar-refractivity contribution in [2.45, 2.75) is 32.7 Å². The maximum Gasteiger partial charge on any atom is 0.325 e. The first kappa shape index (κ1) is 11.4. The molecule has 0 aliphatic heterocycles. The van der Waals surface area contributed by atoms with Gasteiger partial charge in [0.15, 0.2) is 0 Å². The summed E-state index contributed by atoms with van der Waals surface area (Å²) >= 11 is 0. The lowest BCUT2D eigenvalue weighted by molar-refractivity contribution is -0.137. The molecule has 1 rings (SSSR count). The molecular weight excluding hydrogens is 194 g/mol. The van der Waals surface area contributed by atoms with Gasteiger partial charge in [-0.15, -0.1) is 5.10 Å². The Hall–Kier alpha value is -1.65. The molecule has 5 heteroatoms. The number of nitrogens with zero attached hydrogens (tertiary/aromatic N) is 2. The Balaban J connectivity index is 2.60. The van der Waals surface area contributed by atoms with Gasteiger partial charge in [0.2, 0.25) is 0 Å². The largest absolute Gasteiger partial charge is 0.480 e. The highest BCUT2D eigenvalue weighted by molar-refractivity contribution is 5.76. The first-order valence-electron chi connectivity index (χ1n) is 4.95. The fourth-order valence-electron chi connectivity index (χ4n) is 1.11. The minimum Gasteiger partial charge on any atom is -0.480 e. The molecule has 0 radical (unpaired) electrons. The molecule has 0 aliphatic rings. The average Bonchev–Trinajstić information content (AvgIpc) is 2.21. The van der Waals surface area contributed by atoms with E-state index in [4.69, 9.17) is 5.11 Å². The van der Waals surface area contributed by atoms with Gasteiger partial charge in [0, 0.05) is 0 Å². The van der Waals surface area contributed by atoms with Crippen molar-refractivity contribution in [2.24, 2.45) is 0 Å². The summed E-state index contributed by atoms with van der Waals surface area (Å²) in [6.45, 7) is 3.63. The third-order valence-electron chi connectivity index (χ3n) is 1.96. The van der Waals surface area contributed by atoms with E-state index in [0.717, 1.165) is 18.5 Å². The van der Waals surface area contributed by atoms with Gasteiger partial charge in [-0.2, -0.15) is 5.10 Å². The SMILES string of the molecule is CCCc1ccc(NC(C)C(=O)O)nn1. The average molecular weight is 209 g/mol. The Morgan fingerprint density at radius 2 is 2.27 bits per heavy atom. The molecule has 0 aliphatic carbocycles. The molecule has 0 fully saturated rings. The summed E-state index contributed by atoms with van der Waals surface area (Å²) in [4.78, 5) is 10.6. The Morgan fingerprint density at radius 1 is 1.53 bits per heavy atom. The summed E-state index contributed by atoms with van der Waals surface area (Å²) < 4.78 is 0. The summed E-state index contributed by atoms with van der Waals surface area (Å²) in [5.41, 5.74) is 0.922. The van der Waals surface area contributed by atoms with Gasteiger partial charge in [0.25, 0.3) is 0 Å². The number of carboxylic acid groups (broad SMARTS) is 1. The molecule has 5 nitrogen and oxygen atoms in total. The van der Waals surface area contributed by atoms with Crippen molar-refractivity contribution in [1.82, 2.24) is 10.2 Å². The summed E-state index contributed by atoms with van der Waals surface area (Å²) in [5.74, 6) is -0.417. The van der Waals surface area contributed by atoms with E-state index < -0.39 is 12.0 Å². The van der Waals surface area contributed by atoms with Crippen molar-refractivity contribution in [3.8, 4) is 0 Å². The van der Waals surface area contributed by atoms with Crippen molar-refractivity contribution in [3.05, 3.63) is 17.8 Å². The minimum atomic E-state index is -0.908. The fourth-order valence-corrected chi connectivity index (χ4v) is 1.11. The molecule has 82 valence electrons. The number of anilines is 1. The molecule has 0 amide bonds. The van der Waals surface area contributed by atoms with Crippen LogP contribution >= 0.6 is 0 Å². The third kappa shape index (κ3) is 3.53. The van der Waals surface area contributed by atoms with Crippen LogP contribution in [0.2, 0.25) is 0 Å². The number of aryl methyl sites for hydroxylation is 1. The highest BCUT2D eigenvalue weighted by Gasteiger charge is 2.10. The normalized spacial score (nSPS) is 12.1. The monoisotopic (exact) mass is 209 g/mol. The molecule has 0 spiro atoms. The van der Waals surface area contributed by atoms with E-state index in [1.54, 1.807) is 13.0 Å². The summed E-state index contributed by atoms with van der Waals surface area (Å²) in [5, 5.41) is 19.3. The highest BCUT2D eigenvalue weighted by Crippen LogP contribution is 2.05. The van der Waals surface area contributed by atoms with Crippen LogP contribution in [0.15, 0.2) is 12.1 Å². The molecular formula is C10H15N3O2. The first-order chi connectivity index (χ1) is 7.13. The topological polar surface area (TPSA) is 75.1 Å². The number of carboxylic acids is 1. The third-order valence-corrected chi connectivity index (χ3v) is 1.96. The smallest absolute Gasteiger partial charge is 0.325 e. The van der Waals surface area contributed by atoms with Crippen molar-refractivity contribution >= 4 is 11.8 Å². The first-order valence-corrected chi connectivity index (χ1v) is 4.95. The lowest BCUT2D eigenvalue weighted by Gasteiger charge is -2.08. The van der Waals surface area contributed by atoms with Gasteiger partial charge in [0.05, 0.1) is 5.69 Å². The molecule has 1 aromatic heterocycles. The van der Waals surface area contributed by atoms with Crippen molar-refractivity contribution in [2.75, 3.05) is 5.32 Å². The van der Waals surface area contributed by atoms with Crippen molar-refractivity contribution < 1.29 is 9.90 Å². The summed E-state index contributed by atoms with van der Waals surface area (Å²) in [6, 6.07) is 2.95. The van der Waals surface area contributed by atoms with E-state index in [1.807, 2.05) is 6.07 Å². The fraction of sp³-hybridized carbons (Fsp3) is 0.500. The van der Waals surface area contributed by atoms with Gasteiger partial charge >= 0.3 is 5.97 Å². The van der Waals surface area contributed by atoms with Gasteiger partial charge < -0.3 is 10.4 Å². The molecule has 2 N–H and O–H groups in total. The maximum atomic E-state index is 10.6. The maximum absolute atomic E-state index is 10.6. The lowest BCUT2D eigenvalue weighted by Crippen LogP contribution is -2.26. The van der Waals surface area contributed by atoms with Crippen LogP contribution in [0.1, 0.15) is 26.0 Å². The van der Waals surface area contributed by atoms with Gasteiger partial charge in [-0.1, -0.05) is 13.3 Å². The predicted octanol–water partition coefficient (Wildman–Crippen LogP) is 1.31. The zero-order valence-electron chi connectivity index (χ0n) is 8.90. The van der Waals surface area contributed by atoms with Gasteiger partial charge in [-0.3, -0.25) is 4.79 Å². The highest BCUT2D eigenvalue weighted by atomic mass is 16.4. The van der Waals surface area contributed by atoms with Crippen LogP contribution in [0.5, 0.6) is 0 Å².